The highest BCUT2D eigenvalue weighted by atomic mass is 35.5. The van der Waals surface area contributed by atoms with Gasteiger partial charge in [-0.1, -0.05) is 48.0 Å². The molecule has 1 unspecified atom stereocenters. The second-order valence-electron chi connectivity index (χ2n) is 17.2. The Morgan fingerprint density at radius 3 is 2.46 bits per heavy atom. The highest BCUT2D eigenvalue weighted by Gasteiger charge is 2.29. The Bertz CT molecular complexity index is 2420. The predicted molar refractivity (Wildman–Crippen MR) is 241 cm³/mol. The molecule has 5 aromatic rings. The van der Waals surface area contributed by atoms with Gasteiger partial charge >= 0.3 is 0 Å². The number of piperazine rings is 1. The molecule has 0 saturated carbocycles. The number of aromatic nitrogens is 3. The van der Waals surface area contributed by atoms with E-state index in [4.69, 9.17) is 16.6 Å². The molecule has 3 aromatic carbocycles. The van der Waals surface area contributed by atoms with E-state index in [-0.39, 0.29) is 35.1 Å². The van der Waals surface area contributed by atoms with E-state index in [1.165, 1.54) is 0 Å². The number of fused-ring (bicyclic) bond motifs is 3. The van der Waals surface area contributed by atoms with Crippen LogP contribution in [-0.4, -0.2) is 106 Å². The van der Waals surface area contributed by atoms with E-state index in [9.17, 15) is 19.2 Å². The number of pyridine rings is 1. The first kappa shape index (κ1) is 42.5. The van der Waals surface area contributed by atoms with E-state index in [1.807, 2.05) is 41.3 Å². The van der Waals surface area contributed by atoms with Gasteiger partial charge in [-0.25, -0.2) is 4.98 Å². The summed E-state index contributed by atoms with van der Waals surface area (Å²) in [6.07, 6.45) is 9.63. The Kier molecular flexibility index (Phi) is 13.7. The van der Waals surface area contributed by atoms with Gasteiger partial charge < -0.3 is 25.3 Å². The van der Waals surface area contributed by atoms with Crippen molar-refractivity contribution in [1.82, 2.24) is 34.6 Å². The molecule has 2 saturated heterocycles. The van der Waals surface area contributed by atoms with Crippen molar-refractivity contribution in [1.29, 1.82) is 0 Å². The third kappa shape index (κ3) is 10.5. The number of benzene rings is 3. The minimum Gasteiger partial charge on any atom is -0.352 e. The lowest BCUT2D eigenvalue weighted by Crippen LogP contribution is -2.45. The van der Waals surface area contributed by atoms with Crippen LogP contribution < -0.4 is 16.2 Å². The first-order valence-electron chi connectivity index (χ1n) is 22.1. The van der Waals surface area contributed by atoms with Gasteiger partial charge in [-0.05, 0) is 112 Å². The molecular weight excluding hydrogens is 788 g/mol. The van der Waals surface area contributed by atoms with E-state index in [0.717, 1.165) is 104 Å². The summed E-state index contributed by atoms with van der Waals surface area (Å²) < 4.78 is 1.68. The van der Waals surface area contributed by atoms with Crippen molar-refractivity contribution in [3.8, 4) is 0 Å². The quantitative estimate of drug-likeness (QED) is 0.124. The van der Waals surface area contributed by atoms with E-state index in [0.29, 0.717) is 74.0 Å². The summed E-state index contributed by atoms with van der Waals surface area (Å²) in [5.41, 5.74) is 5.68. The van der Waals surface area contributed by atoms with Gasteiger partial charge in [-0.3, -0.25) is 28.7 Å². The Labute approximate surface area is 362 Å². The van der Waals surface area contributed by atoms with Crippen molar-refractivity contribution in [2.75, 3.05) is 64.7 Å². The number of nitrogens with zero attached hydrogens (tertiary/aromatic N) is 6. The SMILES string of the molecule is CN1CCN(CCC(=O)Nc2ccc3c(=O)n(CC4CCN(C(=O)C(CCCNC(=O)c5ccc6c(Cl)c7c(nc6c5)CCCC7)Cc5ccccc5)CC4)cnc3c2)CC1. The maximum absolute atomic E-state index is 14.1. The summed E-state index contributed by atoms with van der Waals surface area (Å²) in [6.45, 7) is 6.93. The number of hydrogen-bond acceptors (Lipinski definition) is 8. The molecule has 8 rings (SSSR count). The second kappa shape index (κ2) is 19.7. The number of hydrogen-bond donors (Lipinski definition) is 2. The Hall–Kier alpha value is -5.17. The standard InChI is InChI=1S/C48H57ClN8O4/c1-54-24-26-55(27-25-54)21-19-44(58)52-37-14-16-40-42(30-37)51-32-57(48(40)61)31-34-17-22-56(23-18-34)47(60)36(28-33-8-3-2-4-9-33)10-7-20-50-46(59)35-13-15-39-43(29-35)53-41-12-6-5-11-38(41)45(39)49/h2-4,8-9,13-16,29-30,32,34,36H,5-7,10-12,17-28,31H2,1H3,(H,50,59)(H,52,58). The van der Waals surface area contributed by atoms with Crippen molar-refractivity contribution < 1.29 is 14.4 Å². The van der Waals surface area contributed by atoms with Gasteiger partial charge in [0.05, 0.1) is 27.8 Å². The molecule has 4 heterocycles. The van der Waals surface area contributed by atoms with Gasteiger partial charge in [0.1, 0.15) is 0 Å². The van der Waals surface area contributed by atoms with Crippen LogP contribution in [0.25, 0.3) is 21.8 Å². The molecule has 2 aliphatic heterocycles. The highest BCUT2D eigenvalue weighted by molar-refractivity contribution is 6.36. The van der Waals surface area contributed by atoms with E-state index in [2.05, 4.69) is 44.6 Å². The minimum absolute atomic E-state index is 0.0500. The topological polar surface area (TPSA) is 133 Å². The first-order valence-corrected chi connectivity index (χ1v) is 22.5. The van der Waals surface area contributed by atoms with E-state index in [1.54, 1.807) is 29.1 Å². The van der Waals surface area contributed by atoms with Crippen LogP contribution in [0.3, 0.4) is 0 Å². The van der Waals surface area contributed by atoms with Gasteiger partial charge in [-0.2, -0.15) is 0 Å². The summed E-state index contributed by atoms with van der Waals surface area (Å²) in [5, 5.41) is 8.21. The third-order valence-corrected chi connectivity index (χ3v) is 13.3. The zero-order valence-electron chi connectivity index (χ0n) is 35.2. The molecular formula is C48H57ClN8O4. The zero-order valence-corrected chi connectivity index (χ0v) is 36.0. The van der Waals surface area contributed by atoms with E-state index < -0.39 is 0 Å². The first-order chi connectivity index (χ1) is 29.7. The lowest BCUT2D eigenvalue weighted by Gasteiger charge is -2.34. The molecule has 2 fully saturated rings. The van der Waals surface area contributed by atoms with Crippen LogP contribution in [0.5, 0.6) is 0 Å². The third-order valence-electron chi connectivity index (χ3n) is 12.9. The number of carbonyl (C=O) groups is 3. The Morgan fingerprint density at radius 1 is 0.885 bits per heavy atom. The number of rotatable bonds is 14. The summed E-state index contributed by atoms with van der Waals surface area (Å²) in [6, 6.07) is 21.0. The fourth-order valence-corrected chi connectivity index (χ4v) is 9.53. The predicted octanol–water partition coefficient (Wildman–Crippen LogP) is 6.36. The molecule has 0 spiro atoms. The van der Waals surface area contributed by atoms with Crippen molar-refractivity contribution in [3.63, 3.8) is 0 Å². The number of nitrogens with one attached hydrogen (secondary N) is 2. The maximum Gasteiger partial charge on any atom is 0.261 e. The number of amides is 3. The number of likely N-dealkylation sites (tertiary alicyclic amines) is 1. The normalized spacial score (nSPS) is 17.0. The average Bonchev–Trinajstić information content (AvgIpc) is 3.28. The molecule has 1 atom stereocenters. The van der Waals surface area contributed by atoms with Crippen LogP contribution in [0.15, 0.2) is 77.9 Å². The van der Waals surface area contributed by atoms with Crippen LogP contribution in [0.1, 0.15) is 72.1 Å². The molecule has 3 aliphatic rings. The summed E-state index contributed by atoms with van der Waals surface area (Å²) in [5.74, 6) is -0.0539. The molecule has 3 amide bonds. The summed E-state index contributed by atoms with van der Waals surface area (Å²) >= 11 is 6.77. The number of piperidine rings is 1. The largest absolute Gasteiger partial charge is 0.352 e. The van der Waals surface area contributed by atoms with Gasteiger partial charge in [0, 0.05) is 93.6 Å². The summed E-state index contributed by atoms with van der Waals surface area (Å²) in [4.78, 5) is 69.7. The Morgan fingerprint density at radius 2 is 1.66 bits per heavy atom. The van der Waals surface area contributed by atoms with Crippen LogP contribution in [0, 0.1) is 11.8 Å². The number of carbonyl (C=O) groups excluding carboxylic acids is 3. The smallest absolute Gasteiger partial charge is 0.261 e. The number of likely N-dealkylation sites (N-methyl/N-ethyl adjacent to an activating group) is 1. The minimum atomic E-state index is -0.215. The molecule has 12 nitrogen and oxygen atoms in total. The van der Waals surface area contributed by atoms with Crippen LogP contribution in [-0.2, 0) is 35.4 Å². The monoisotopic (exact) mass is 844 g/mol. The van der Waals surface area contributed by atoms with Gasteiger partial charge in [0.15, 0.2) is 0 Å². The number of aryl methyl sites for hydroxylation is 1. The fraction of sp³-hybridized carbons (Fsp3) is 0.458. The van der Waals surface area contributed by atoms with Crippen molar-refractivity contribution in [2.45, 2.75) is 70.8 Å². The van der Waals surface area contributed by atoms with Crippen molar-refractivity contribution >= 4 is 56.8 Å². The van der Waals surface area contributed by atoms with Gasteiger partial charge in [0.2, 0.25) is 11.8 Å². The fourth-order valence-electron chi connectivity index (χ4n) is 9.17. The molecule has 320 valence electrons. The molecule has 1 aliphatic carbocycles. The van der Waals surface area contributed by atoms with Crippen LogP contribution >= 0.6 is 11.6 Å². The van der Waals surface area contributed by atoms with Crippen molar-refractivity contribution in [3.05, 3.63) is 111 Å². The highest BCUT2D eigenvalue weighted by Crippen LogP contribution is 2.33. The summed E-state index contributed by atoms with van der Waals surface area (Å²) in [7, 11) is 2.12. The average molecular weight is 845 g/mol. The molecule has 2 N–H and O–H groups in total. The van der Waals surface area contributed by atoms with Crippen LogP contribution in [0.4, 0.5) is 5.69 Å². The van der Waals surface area contributed by atoms with Gasteiger partial charge in [0.25, 0.3) is 11.5 Å². The lowest BCUT2D eigenvalue weighted by atomic mass is 9.91. The lowest BCUT2D eigenvalue weighted by molar-refractivity contribution is -0.137. The number of halogens is 1. The molecule has 61 heavy (non-hydrogen) atoms. The zero-order chi connectivity index (χ0) is 42.3. The van der Waals surface area contributed by atoms with Crippen LogP contribution in [0.2, 0.25) is 5.02 Å². The van der Waals surface area contributed by atoms with Crippen molar-refractivity contribution in [2.24, 2.45) is 11.8 Å². The number of anilines is 1. The molecule has 2 aromatic heterocycles. The Balaban J connectivity index is 0.828. The second-order valence-corrected chi connectivity index (χ2v) is 17.6. The van der Waals surface area contributed by atoms with Gasteiger partial charge in [-0.15, -0.1) is 0 Å². The van der Waals surface area contributed by atoms with E-state index >= 15 is 0 Å². The molecule has 0 bridgehead atoms. The molecule has 13 heteroatoms. The maximum atomic E-state index is 14.1. The molecule has 0 radical (unpaired) electrons.